The third-order valence-electron chi connectivity index (χ3n) is 4.59. The van der Waals surface area contributed by atoms with E-state index in [9.17, 15) is 4.79 Å². The molecule has 0 spiro atoms. The second-order valence-corrected chi connectivity index (χ2v) is 7.26. The van der Waals surface area contributed by atoms with Crippen LogP contribution in [0.1, 0.15) is 17.0 Å². The van der Waals surface area contributed by atoms with Gasteiger partial charge in [0, 0.05) is 43.3 Å². The van der Waals surface area contributed by atoms with Crippen molar-refractivity contribution in [2.45, 2.75) is 20.4 Å². The average molecular weight is 393 g/mol. The van der Waals surface area contributed by atoms with Gasteiger partial charge in [-0.15, -0.1) is 0 Å². The number of carbonyl (C=O) groups excluding carboxylic acids is 1. The van der Waals surface area contributed by atoms with Crippen LogP contribution in [-0.4, -0.2) is 53.0 Å². The van der Waals surface area contributed by atoms with E-state index in [0.29, 0.717) is 24.7 Å². The Kier molecular flexibility index (Phi) is 6.61. The van der Waals surface area contributed by atoms with E-state index < -0.39 is 0 Å². The number of hydrogen-bond donors (Lipinski definition) is 1. The van der Waals surface area contributed by atoms with Crippen molar-refractivity contribution in [2.75, 3.05) is 32.5 Å². The Balaban J connectivity index is 1.75. The number of benzene rings is 1. The molecular weight excluding hydrogens is 366 g/mol. The molecule has 0 bridgehead atoms. The summed E-state index contributed by atoms with van der Waals surface area (Å²) >= 11 is 0. The summed E-state index contributed by atoms with van der Waals surface area (Å²) in [6.07, 6.45) is 3.51. The van der Waals surface area contributed by atoms with E-state index in [1.807, 2.05) is 64.3 Å². The summed E-state index contributed by atoms with van der Waals surface area (Å²) in [7, 11) is 3.98. The van der Waals surface area contributed by atoms with Crippen molar-refractivity contribution in [3.63, 3.8) is 0 Å². The molecule has 2 aromatic heterocycles. The molecule has 152 valence electrons. The van der Waals surface area contributed by atoms with E-state index in [-0.39, 0.29) is 6.03 Å². The lowest BCUT2D eigenvalue weighted by Gasteiger charge is -2.25. The molecule has 29 heavy (non-hydrogen) atoms. The number of carbonyl (C=O) groups is 1. The van der Waals surface area contributed by atoms with Crippen molar-refractivity contribution in [3.8, 4) is 11.5 Å². The van der Waals surface area contributed by atoms with Gasteiger partial charge in [0.15, 0.2) is 0 Å². The van der Waals surface area contributed by atoms with E-state index in [0.717, 1.165) is 29.1 Å². The summed E-state index contributed by atoms with van der Waals surface area (Å²) in [5.41, 5.74) is 3.37. The maximum absolute atomic E-state index is 13.0. The molecule has 0 atom stereocenters. The van der Waals surface area contributed by atoms with Crippen molar-refractivity contribution < 1.29 is 9.21 Å². The first-order valence-electron chi connectivity index (χ1n) is 9.56. The number of rotatable bonds is 7. The Hall–Kier alpha value is -3.19. The molecule has 3 aromatic rings. The highest BCUT2D eigenvalue weighted by atomic mass is 16.4. The van der Waals surface area contributed by atoms with Gasteiger partial charge >= 0.3 is 6.03 Å². The minimum atomic E-state index is -0.160. The Morgan fingerprint density at radius 1 is 1.14 bits per heavy atom. The normalized spacial score (nSPS) is 10.9. The van der Waals surface area contributed by atoms with Gasteiger partial charge in [-0.2, -0.15) is 0 Å². The molecule has 7 heteroatoms. The van der Waals surface area contributed by atoms with Crippen molar-refractivity contribution in [1.82, 2.24) is 19.8 Å². The molecular formula is C22H27N5O2. The smallest absolute Gasteiger partial charge is 0.322 e. The van der Waals surface area contributed by atoms with Crippen molar-refractivity contribution >= 4 is 11.7 Å². The monoisotopic (exact) mass is 393 g/mol. The van der Waals surface area contributed by atoms with Gasteiger partial charge in [-0.05, 0) is 57.8 Å². The molecule has 7 nitrogen and oxygen atoms in total. The second kappa shape index (κ2) is 9.34. The van der Waals surface area contributed by atoms with E-state index >= 15 is 0 Å². The number of urea groups is 1. The number of aryl methyl sites for hydroxylation is 2. The number of hydrogen-bond acceptors (Lipinski definition) is 5. The van der Waals surface area contributed by atoms with Crippen LogP contribution in [0, 0.1) is 13.8 Å². The number of likely N-dealkylation sites (N-methyl/N-ethyl adjacent to an activating group) is 1. The SMILES string of the molecule is Cc1nc(-c2cccc(NC(=O)N(CCN(C)C)Cc3cccnc3)c2)oc1C. The van der Waals surface area contributed by atoms with Crippen LogP contribution in [0.5, 0.6) is 0 Å². The summed E-state index contributed by atoms with van der Waals surface area (Å²) < 4.78 is 5.70. The fourth-order valence-electron chi connectivity index (χ4n) is 2.81. The van der Waals surface area contributed by atoms with Gasteiger partial charge in [-0.25, -0.2) is 9.78 Å². The number of pyridine rings is 1. The van der Waals surface area contributed by atoms with Crippen LogP contribution in [0.15, 0.2) is 53.2 Å². The predicted molar refractivity (Wildman–Crippen MR) is 114 cm³/mol. The Morgan fingerprint density at radius 2 is 1.97 bits per heavy atom. The Bertz CT molecular complexity index is 933. The minimum absolute atomic E-state index is 0.160. The zero-order valence-corrected chi connectivity index (χ0v) is 17.3. The molecule has 0 radical (unpaired) electrons. The summed E-state index contributed by atoms with van der Waals surface area (Å²) in [4.78, 5) is 25.4. The number of nitrogens with one attached hydrogen (secondary N) is 1. The van der Waals surface area contributed by atoms with Gasteiger partial charge in [0.1, 0.15) is 5.76 Å². The predicted octanol–water partition coefficient (Wildman–Crippen LogP) is 3.95. The molecule has 0 fully saturated rings. The molecule has 0 saturated heterocycles. The first-order chi connectivity index (χ1) is 13.9. The lowest BCUT2D eigenvalue weighted by atomic mass is 10.2. The number of oxazole rings is 1. The van der Waals surface area contributed by atoms with Gasteiger partial charge < -0.3 is 19.5 Å². The quantitative estimate of drug-likeness (QED) is 0.658. The topological polar surface area (TPSA) is 74.5 Å². The van der Waals surface area contributed by atoms with Crippen LogP contribution >= 0.6 is 0 Å². The summed E-state index contributed by atoms with van der Waals surface area (Å²) in [6, 6.07) is 11.2. The fraction of sp³-hybridized carbons (Fsp3) is 0.318. The molecule has 1 aromatic carbocycles. The lowest BCUT2D eigenvalue weighted by molar-refractivity contribution is 0.202. The summed E-state index contributed by atoms with van der Waals surface area (Å²) in [6.45, 7) is 5.66. The number of aromatic nitrogens is 2. The zero-order valence-electron chi connectivity index (χ0n) is 17.3. The second-order valence-electron chi connectivity index (χ2n) is 7.26. The minimum Gasteiger partial charge on any atom is -0.441 e. The summed E-state index contributed by atoms with van der Waals surface area (Å²) in [5.74, 6) is 1.34. The maximum atomic E-state index is 13.0. The zero-order chi connectivity index (χ0) is 20.8. The molecule has 2 amide bonds. The van der Waals surface area contributed by atoms with Crippen molar-refractivity contribution in [2.24, 2.45) is 0 Å². The molecule has 0 aliphatic carbocycles. The number of anilines is 1. The van der Waals surface area contributed by atoms with Crippen LogP contribution in [0.2, 0.25) is 0 Å². The fourth-order valence-corrected chi connectivity index (χ4v) is 2.81. The Labute approximate surface area is 171 Å². The first kappa shape index (κ1) is 20.5. The molecule has 0 saturated carbocycles. The van der Waals surface area contributed by atoms with E-state index in [1.165, 1.54) is 0 Å². The van der Waals surface area contributed by atoms with Gasteiger partial charge in [0.2, 0.25) is 5.89 Å². The van der Waals surface area contributed by atoms with Crippen LogP contribution in [0.25, 0.3) is 11.5 Å². The van der Waals surface area contributed by atoms with E-state index in [1.54, 1.807) is 17.3 Å². The molecule has 0 aliphatic heterocycles. The first-order valence-corrected chi connectivity index (χ1v) is 9.56. The Morgan fingerprint density at radius 3 is 2.62 bits per heavy atom. The van der Waals surface area contributed by atoms with Gasteiger partial charge in [0.05, 0.1) is 5.69 Å². The molecule has 2 heterocycles. The highest BCUT2D eigenvalue weighted by Crippen LogP contribution is 2.24. The highest BCUT2D eigenvalue weighted by Gasteiger charge is 2.16. The highest BCUT2D eigenvalue weighted by molar-refractivity contribution is 5.90. The van der Waals surface area contributed by atoms with Crippen molar-refractivity contribution in [1.29, 1.82) is 0 Å². The maximum Gasteiger partial charge on any atom is 0.322 e. The van der Waals surface area contributed by atoms with Gasteiger partial charge in [-0.1, -0.05) is 12.1 Å². The van der Waals surface area contributed by atoms with Crippen LogP contribution in [0.4, 0.5) is 10.5 Å². The van der Waals surface area contributed by atoms with Gasteiger partial charge in [0.25, 0.3) is 0 Å². The number of amides is 2. The third kappa shape index (κ3) is 5.65. The van der Waals surface area contributed by atoms with Crippen LogP contribution in [0.3, 0.4) is 0 Å². The largest absolute Gasteiger partial charge is 0.441 e. The summed E-state index contributed by atoms with van der Waals surface area (Å²) in [5, 5.41) is 3.00. The standard InChI is InChI=1S/C22H27N5O2/c1-16-17(2)29-21(24-16)19-8-5-9-20(13-19)25-22(28)27(12-11-26(3)4)15-18-7-6-10-23-14-18/h5-10,13-14H,11-12,15H2,1-4H3,(H,25,28). The number of nitrogens with zero attached hydrogens (tertiary/aromatic N) is 4. The average Bonchev–Trinajstić information content (AvgIpc) is 3.04. The molecule has 1 N–H and O–H groups in total. The molecule has 0 aliphatic rings. The van der Waals surface area contributed by atoms with Gasteiger partial charge in [-0.3, -0.25) is 4.98 Å². The van der Waals surface area contributed by atoms with Crippen LogP contribution < -0.4 is 5.32 Å². The molecule has 3 rings (SSSR count). The van der Waals surface area contributed by atoms with Crippen LogP contribution in [-0.2, 0) is 6.54 Å². The van der Waals surface area contributed by atoms with E-state index in [2.05, 4.69) is 20.2 Å². The van der Waals surface area contributed by atoms with E-state index in [4.69, 9.17) is 4.42 Å². The molecule has 0 unspecified atom stereocenters. The van der Waals surface area contributed by atoms with Crippen molar-refractivity contribution in [3.05, 3.63) is 65.8 Å². The third-order valence-corrected chi connectivity index (χ3v) is 4.59. The lowest BCUT2D eigenvalue weighted by Crippen LogP contribution is -2.39.